The molecular formula is C21H27N3O. The van der Waals surface area contributed by atoms with Gasteiger partial charge < -0.3 is 9.64 Å². The van der Waals surface area contributed by atoms with Gasteiger partial charge in [-0.15, -0.1) is 0 Å². The van der Waals surface area contributed by atoms with Gasteiger partial charge in [-0.05, 0) is 61.1 Å². The van der Waals surface area contributed by atoms with Crippen molar-refractivity contribution in [1.29, 1.82) is 0 Å². The topological polar surface area (TPSA) is 28.6 Å². The van der Waals surface area contributed by atoms with E-state index in [4.69, 9.17) is 4.74 Å². The number of pyridine rings is 1. The molecule has 132 valence electrons. The Balaban J connectivity index is 1.16. The molecule has 4 nitrogen and oxygen atoms in total. The Morgan fingerprint density at radius 3 is 2.56 bits per heavy atom. The number of aryl methyl sites for hydroxylation is 2. The standard InChI is InChI=1S/C21H27N3O/c1-3-18-5-6-21(17-19(18)4-1)25-16-2-11-23-12-14-24(15-13-23)20-7-9-22-10-8-20/h5-10,17H,1-4,11-16H2. The summed E-state index contributed by atoms with van der Waals surface area (Å²) in [7, 11) is 0. The molecule has 1 fully saturated rings. The number of piperazine rings is 1. The van der Waals surface area contributed by atoms with E-state index in [1.165, 1.54) is 36.1 Å². The monoisotopic (exact) mass is 337 g/mol. The zero-order chi connectivity index (χ0) is 16.9. The highest BCUT2D eigenvalue weighted by atomic mass is 16.5. The zero-order valence-electron chi connectivity index (χ0n) is 14.9. The van der Waals surface area contributed by atoms with Crippen LogP contribution < -0.4 is 9.64 Å². The van der Waals surface area contributed by atoms with Crippen molar-refractivity contribution < 1.29 is 4.74 Å². The summed E-state index contributed by atoms with van der Waals surface area (Å²) in [4.78, 5) is 9.09. The third-order valence-electron chi connectivity index (χ3n) is 5.36. The van der Waals surface area contributed by atoms with Crippen molar-refractivity contribution in [1.82, 2.24) is 9.88 Å². The van der Waals surface area contributed by atoms with Gasteiger partial charge in [0, 0.05) is 50.8 Å². The summed E-state index contributed by atoms with van der Waals surface area (Å²) in [5.74, 6) is 1.04. The van der Waals surface area contributed by atoms with Crippen molar-refractivity contribution in [2.24, 2.45) is 0 Å². The SMILES string of the molecule is c1cc(N2CCN(CCCOc3ccc4c(c3)CCC4)CC2)ccn1. The van der Waals surface area contributed by atoms with Gasteiger partial charge in [-0.3, -0.25) is 9.88 Å². The lowest BCUT2D eigenvalue weighted by molar-refractivity contribution is 0.224. The molecule has 1 saturated heterocycles. The van der Waals surface area contributed by atoms with Crippen molar-refractivity contribution in [3.63, 3.8) is 0 Å². The van der Waals surface area contributed by atoms with E-state index in [1.807, 2.05) is 12.4 Å². The van der Waals surface area contributed by atoms with E-state index in [0.717, 1.165) is 51.5 Å². The highest BCUT2D eigenvalue weighted by Gasteiger charge is 2.16. The quantitative estimate of drug-likeness (QED) is 0.757. The van der Waals surface area contributed by atoms with Crippen LogP contribution in [-0.2, 0) is 12.8 Å². The first-order valence-corrected chi connectivity index (χ1v) is 9.50. The summed E-state index contributed by atoms with van der Waals surface area (Å²) >= 11 is 0. The fourth-order valence-electron chi connectivity index (χ4n) is 3.90. The number of fused-ring (bicyclic) bond motifs is 1. The van der Waals surface area contributed by atoms with Crippen LogP contribution in [-0.4, -0.2) is 49.2 Å². The number of rotatable bonds is 6. The molecule has 1 aliphatic heterocycles. The Hall–Kier alpha value is -2.07. The lowest BCUT2D eigenvalue weighted by atomic mass is 10.1. The van der Waals surface area contributed by atoms with Crippen LogP contribution in [0.5, 0.6) is 5.75 Å². The molecule has 2 aliphatic rings. The number of anilines is 1. The maximum atomic E-state index is 5.97. The number of hydrogen-bond acceptors (Lipinski definition) is 4. The predicted molar refractivity (Wildman–Crippen MR) is 101 cm³/mol. The van der Waals surface area contributed by atoms with E-state index >= 15 is 0 Å². The van der Waals surface area contributed by atoms with E-state index in [-0.39, 0.29) is 0 Å². The molecule has 0 N–H and O–H groups in total. The number of nitrogens with zero attached hydrogens (tertiary/aromatic N) is 3. The Kier molecular flexibility index (Phi) is 5.17. The molecule has 0 saturated carbocycles. The van der Waals surface area contributed by atoms with Gasteiger partial charge >= 0.3 is 0 Å². The van der Waals surface area contributed by atoms with Crippen LogP contribution in [0.1, 0.15) is 24.0 Å². The Labute approximate surface area is 150 Å². The van der Waals surface area contributed by atoms with Crippen LogP contribution in [0.4, 0.5) is 5.69 Å². The van der Waals surface area contributed by atoms with E-state index in [2.05, 4.69) is 45.1 Å². The normalized spacial score (nSPS) is 17.5. The minimum Gasteiger partial charge on any atom is -0.494 e. The van der Waals surface area contributed by atoms with Gasteiger partial charge in [0.15, 0.2) is 0 Å². The van der Waals surface area contributed by atoms with Gasteiger partial charge in [-0.25, -0.2) is 0 Å². The summed E-state index contributed by atoms with van der Waals surface area (Å²) in [6.07, 6.45) is 8.59. The molecule has 0 radical (unpaired) electrons. The largest absolute Gasteiger partial charge is 0.494 e. The second-order valence-corrected chi connectivity index (χ2v) is 7.02. The molecule has 4 heteroatoms. The van der Waals surface area contributed by atoms with E-state index in [0.29, 0.717) is 0 Å². The lowest BCUT2D eigenvalue weighted by Gasteiger charge is -2.36. The van der Waals surface area contributed by atoms with E-state index in [1.54, 1.807) is 0 Å². The minimum absolute atomic E-state index is 0.809. The Morgan fingerprint density at radius 1 is 0.920 bits per heavy atom. The molecular weight excluding hydrogens is 310 g/mol. The lowest BCUT2D eigenvalue weighted by Crippen LogP contribution is -2.46. The maximum absolute atomic E-state index is 5.97. The molecule has 1 aromatic heterocycles. The van der Waals surface area contributed by atoms with Crippen LogP contribution in [0.2, 0.25) is 0 Å². The first kappa shape index (κ1) is 16.4. The van der Waals surface area contributed by atoms with Gasteiger partial charge in [0.25, 0.3) is 0 Å². The second kappa shape index (κ2) is 7.87. The predicted octanol–water partition coefficient (Wildman–Crippen LogP) is 3.16. The molecule has 0 bridgehead atoms. The zero-order valence-corrected chi connectivity index (χ0v) is 14.9. The fraction of sp³-hybridized carbons (Fsp3) is 0.476. The minimum atomic E-state index is 0.809. The van der Waals surface area contributed by atoms with Gasteiger partial charge in [0.1, 0.15) is 5.75 Å². The number of aromatic nitrogens is 1. The smallest absolute Gasteiger partial charge is 0.119 e. The third-order valence-corrected chi connectivity index (χ3v) is 5.36. The summed E-state index contributed by atoms with van der Waals surface area (Å²) in [6, 6.07) is 10.8. The van der Waals surface area contributed by atoms with Crippen molar-refractivity contribution in [2.45, 2.75) is 25.7 Å². The van der Waals surface area contributed by atoms with Gasteiger partial charge in [0.2, 0.25) is 0 Å². The molecule has 1 aromatic carbocycles. The summed E-state index contributed by atoms with van der Waals surface area (Å²) in [5.41, 5.74) is 4.29. The highest BCUT2D eigenvalue weighted by Crippen LogP contribution is 2.26. The Bertz CT molecular complexity index is 681. The average molecular weight is 337 g/mol. The number of ether oxygens (including phenoxy) is 1. The molecule has 25 heavy (non-hydrogen) atoms. The van der Waals surface area contributed by atoms with Crippen LogP contribution in [0.15, 0.2) is 42.7 Å². The number of benzene rings is 1. The van der Waals surface area contributed by atoms with Crippen LogP contribution in [0.25, 0.3) is 0 Å². The van der Waals surface area contributed by atoms with E-state index < -0.39 is 0 Å². The molecule has 0 amide bonds. The van der Waals surface area contributed by atoms with E-state index in [9.17, 15) is 0 Å². The van der Waals surface area contributed by atoms with Crippen molar-refractivity contribution in [2.75, 3.05) is 44.2 Å². The molecule has 4 rings (SSSR count). The average Bonchev–Trinajstić information content (AvgIpc) is 3.14. The molecule has 0 unspecified atom stereocenters. The second-order valence-electron chi connectivity index (χ2n) is 7.02. The fourth-order valence-corrected chi connectivity index (χ4v) is 3.90. The summed E-state index contributed by atoms with van der Waals surface area (Å²) in [6.45, 7) is 6.37. The van der Waals surface area contributed by atoms with Crippen LogP contribution in [0, 0.1) is 0 Å². The maximum Gasteiger partial charge on any atom is 0.119 e. The number of hydrogen-bond donors (Lipinski definition) is 0. The molecule has 2 aromatic rings. The molecule has 0 atom stereocenters. The molecule has 1 aliphatic carbocycles. The van der Waals surface area contributed by atoms with Crippen LogP contribution >= 0.6 is 0 Å². The van der Waals surface area contributed by atoms with Crippen molar-refractivity contribution in [3.05, 3.63) is 53.9 Å². The van der Waals surface area contributed by atoms with Gasteiger partial charge in [0.05, 0.1) is 6.61 Å². The first-order chi connectivity index (χ1) is 12.4. The van der Waals surface area contributed by atoms with Crippen LogP contribution in [0.3, 0.4) is 0 Å². The molecule has 2 heterocycles. The van der Waals surface area contributed by atoms with Crippen molar-refractivity contribution in [3.8, 4) is 5.75 Å². The third kappa shape index (κ3) is 4.13. The summed E-state index contributed by atoms with van der Waals surface area (Å²) < 4.78 is 5.97. The first-order valence-electron chi connectivity index (χ1n) is 9.50. The van der Waals surface area contributed by atoms with Gasteiger partial charge in [-0.1, -0.05) is 6.07 Å². The summed E-state index contributed by atoms with van der Waals surface area (Å²) in [5, 5.41) is 0. The van der Waals surface area contributed by atoms with Gasteiger partial charge in [-0.2, -0.15) is 0 Å². The molecule has 0 spiro atoms. The highest BCUT2D eigenvalue weighted by molar-refractivity contribution is 5.45. The Morgan fingerprint density at radius 2 is 1.72 bits per heavy atom. The van der Waals surface area contributed by atoms with Crippen molar-refractivity contribution >= 4 is 5.69 Å².